The van der Waals surface area contributed by atoms with Gasteiger partial charge in [-0.25, -0.2) is 26.9 Å². The number of aromatic nitrogens is 2. The first-order valence-electron chi connectivity index (χ1n) is 15.6. The predicted molar refractivity (Wildman–Crippen MR) is 176 cm³/mol. The minimum atomic E-state index is -2.33. The molecule has 7 nitrogen and oxygen atoms in total. The maximum Gasteiger partial charge on any atom is 0.257 e. The molecule has 4 aromatic carbocycles. The van der Waals surface area contributed by atoms with Gasteiger partial charge in [-0.2, -0.15) is 0 Å². The Bertz CT molecular complexity index is 1960. The molecule has 0 radical (unpaired) electrons. The van der Waals surface area contributed by atoms with Gasteiger partial charge in [-0.1, -0.05) is 85.4 Å². The number of aliphatic hydroxyl groups excluding tert-OH is 1. The molecule has 50 heavy (non-hydrogen) atoms. The highest BCUT2D eigenvalue weighted by atomic mass is 32.2. The monoisotopic (exact) mass is 709 g/mol. The fraction of sp³-hybridized carbons (Fsp3) is 0.243. The average Bonchev–Trinajstić information content (AvgIpc) is 3.56. The van der Waals surface area contributed by atoms with Gasteiger partial charge in [-0.3, -0.25) is 4.79 Å². The number of rotatable bonds is 10. The molecular weight excluding hydrogens is 677 g/mol. The molecule has 2 N–H and O–H groups in total. The standard InChI is InChI=1S/C37H32F5N3O4S/c1-20-27(19-50-37-43-14-15-45(37)2)48-36(49-34(20)24-8-6-21(18-46)7-9-24)25-12-10-23(11-13-25)26-5-3-4-22(16-26)17-44-35(47)28-29(38)31(40)33(42)32(41)30(28)39/h3-16,20,27,34,36,46H,17-19H2,1-2H3,(H,44,47)/t20-,27+,34+,36+/m0/s1. The molecule has 13 heteroatoms. The second-order valence-electron chi connectivity index (χ2n) is 11.9. The molecule has 1 aliphatic rings. The lowest BCUT2D eigenvalue weighted by atomic mass is 9.91. The third-order valence-corrected chi connectivity index (χ3v) is 9.76. The van der Waals surface area contributed by atoms with E-state index in [4.69, 9.17) is 9.47 Å². The molecule has 0 saturated carbocycles. The van der Waals surface area contributed by atoms with Crippen LogP contribution in [0.4, 0.5) is 22.0 Å². The molecule has 0 unspecified atom stereocenters. The summed E-state index contributed by atoms with van der Waals surface area (Å²) in [5, 5.41) is 12.6. The van der Waals surface area contributed by atoms with E-state index >= 15 is 0 Å². The number of benzene rings is 4. The summed E-state index contributed by atoms with van der Waals surface area (Å²) in [7, 11) is 1.94. The molecule has 1 fully saturated rings. The molecule has 0 spiro atoms. The van der Waals surface area contributed by atoms with Crippen molar-refractivity contribution in [2.45, 2.75) is 43.7 Å². The number of hydrogen-bond donors (Lipinski definition) is 2. The molecule has 1 amide bonds. The van der Waals surface area contributed by atoms with Crippen LogP contribution in [0, 0.1) is 35.0 Å². The van der Waals surface area contributed by atoms with E-state index < -0.39 is 46.8 Å². The van der Waals surface area contributed by atoms with Crippen molar-refractivity contribution in [1.29, 1.82) is 0 Å². The fourth-order valence-corrected chi connectivity index (χ4v) is 6.82. The van der Waals surface area contributed by atoms with Gasteiger partial charge in [0.1, 0.15) is 5.56 Å². The van der Waals surface area contributed by atoms with Crippen molar-refractivity contribution in [3.63, 3.8) is 0 Å². The van der Waals surface area contributed by atoms with E-state index in [9.17, 15) is 31.9 Å². The van der Waals surface area contributed by atoms with E-state index in [0.29, 0.717) is 11.3 Å². The molecular formula is C37H32F5N3O4S. The number of nitrogens with zero attached hydrogens (tertiary/aromatic N) is 2. The number of aryl methyl sites for hydroxylation is 1. The summed E-state index contributed by atoms with van der Waals surface area (Å²) >= 11 is 1.60. The Morgan fingerprint density at radius 2 is 1.52 bits per heavy atom. The van der Waals surface area contributed by atoms with Crippen molar-refractivity contribution >= 4 is 17.7 Å². The number of imidazole rings is 1. The Labute approximate surface area is 289 Å². The number of nitrogens with one attached hydrogen (secondary N) is 1. The van der Waals surface area contributed by atoms with E-state index in [1.165, 1.54) is 0 Å². The Morgan fingerprint density at radius 1 is 0.860 bits per heavy atom. The van der Waals surface area contributed by atoms with Crippen molar-refractivity contribution < 1.29 is 41.3 Å². The van der Waals surface area contributed by atoms with Crippen molar-refractivity contribution in [3.05, 3.63) is 142 Å². The van der Waals surface area contributed by atoms with Crippen LogP contribution in [0.2, 0.25) is 0 Å². The Morgan fingerprint density at radius 3 is 2.16 bits per heavy atom. The van der Waals surface area contributed by atoms with Crippen molar-refractivity contribution in [2.24, 2.45) is 13.0 Å². The SMILES string of the molecule is C[C@H]1[C@@H](CSc2nccn2C)O[C@@H](c2ccc(-c3cccc(CNC(=O)c4c(F)c(F)c(F)c(F)c4F)c3)cc2)O[C@H]1c1ccc(CO)cc1. The minimum Gasteiger partial charge on any atom is -0.392 e. The van der Waals surface area contributed by atoms with Crippen LogP contribution < -0.4 is 5.32 Å². The fourth-order valence-electron chi connectivity index (χ4n) is 5.73. The topological polar surface area (TPSA) is 85.6 Å². The van der Waals surface area contributed by atoms with Crippen molar-refractivity contribution in [2.75, 3.05) is 5.75 Å². The van der Waals surface area contributed by atoms with Crippen LogP contribution in [0.5, 0.6) is 0 Å². The van der Waals surface area contributed by atoms with Gasteiger partial charge in [0, 0.05) is 43.2 Å². The van der Waals surface area contributed by atoms with Gasteiger partial charge in [0.15, 0.2) is 34.7 Å². The molecule has 1 aliphatic heterocycles. The second kappa shape index (κ2) is 15.1. The highest BCUT2D eigenvalue weighted by molar-refractivity contribution is 7.99. The van der Waals surface area contributed by atoms with Gasteiger partial charge in [-0.05, 0) is 33.9 Å². The van der Waals surface area contributed by atoms with Crippen LogP contribution in [0.3, 0.4) is 0 Å². The lowest BCUT2D eigenvalue weighted by molar-refractivity contribution is -0.268. The van der Waals surface area contributed by atoms with E-state index in [1.54, 1.807) is 36.2 Å². The number of carbonyl (C=O) groups is 1. The average molecular weight is 710 g/mol. The van der Waals surface area contributed by atoms with Crippen LogP contribution >= 0.6 is 11.8 Å². The first-order chi connectivity index (χ1) is 24.0. The molecule has 2 heterocycles. The van der Waals surface area contributed by atoms with Crippen LogP contribution in [-0.4, -0.2) is 32.4 Å². The van der Waals surface area contributed by atoms with Gasteiger partial charge < -0.3 is 24.5 Å². The van der Waals surface area contributed by atoms with Crippen LogP contribution in [-0.2, 0) is 29.7 Å². The molecule has 5 aromatic rings. The van der Waals surface area contributed by atoms with Gasteiger partial charge >= 0.3 is 0 Å². The maximum atomic E-state index is 14.1. The van der Waals surface area contributed by atoms with E-state index in [2.05, 4.69) is 17.2 Å². The first kappa shape index (κ1) is 35.3. The highest BCUT2D eigenvalue weighted by Crippen LogP contribution is 2.43. The van der Waals surface area contributed by atoms with Crippen molar-refractivity contribution in [1.82, 2.24) is 14.9 Å². The molecule has 4 atom stereocenters. The number of aliphatic hydroxyl groups is 1. The summed E-state index contributed by atoms with van der Waals surface area (Å²) in [5.41, 5.74) is 3.10. The van der Waals surface area contributed by atoms with E-state index in [0.717, 1.165) is 33.0 Å². The number of amides is 1. The van der Waals surface area contributed by atoms with Gasteiger partial charge in [0.05, 0.1) is 18.8 Å². The van der Waals surface area contributed by atoms with Crippen LogP contribution in [0.1, 0.15) is 51.9 Å². The second-order valence-corrected chi connectivity index (χ2v) is 12.9. The summed E-state index contributed by atoms with van der Waals surface area (Å²) in [6.07, 6.45) is 2.48. The Kier molecular flexibility index (Phi) is 10.7. The lowest BCUT2D eigenvalue weighted by Crippen LogP contribution is -2.38. The molecule has 0 bridgehead atoms. The van der Waals surface area contributed by atoms with Gasteiger partial charge in [0.2, 0.25) is 5.82 Å². The highest BCUT2D eigenvalue weighted by Gasteiger charge is 2.38. The number of thioether (sulfide) groups is 1. The van der Waals surface area contributed by atoms with E-state index in [-0.39, 0.29) is 31.3 Å². The third-order valence-electron chi connectivity index (χ3n) is 8.61. The van der Waals surface area contributed by atoms with Gasteiger partial charge in [0.25, 0.3) is 5.91 Å². The number of carbonyl (C=O) groups excluding carboxylic acids is 1. The Hall–Kier alpha value is -4.56. The molecule has 1 aromatic heterocycles. The summed E-state index contributed by atoms with van der Waals surface area (Å²) in [6.45, 7) is 1.80. The first-order valence-corrected chi connectivity index (χ1v) is 16.6. The van der Waals surface area contributed by atoms with Crippen molar-refractivity contribution in [3.8, 4) is 11.1 Å². The van der Waals surface area contributed by atoms with E-state index in [1.807, 2.05) is 72.4 Å². The summed E-state index contributed by atoms with van der Waals surface area (Å²) < 4.78 is 83.9. The van der Waals surface area contributed by atoms with Gasteiger partial charge in [-0.15, -0.1) is 0 Å². The zero-order chi connectivity index (χ0) is 35.5. The zero-order valence-corrected chi connectivity index (χ0v) is 27.7. The zero-order valence-electron chi connectivity index (χ0n) is 26.9. The maximum absolute atomic E-state index is 14.1. The number of ether oxygens (including phenoxy) is 2. The quantitative estimate of drug-likeness (QED) is 0.0667. The number of halogens is 5. The minimum absolute atomic E-state index is 0.00408. The third kappa shape index (κ3) is 7.31. The van der Waals surface area contributed by atoms with Crippen LogP contribution in [0.25, 0.3) is 11.1 Å². The lowest BCUT2D eigenvalue weighted by Gasteiger charge is -2.41. The molecule has 1 saturated heterocycles. The Balaban J connectivity index is 1.18. The predicted octanol–water partition coefficient (Wildman–Crippen LogP) is 7.79. The van der Waals surface area contributed by atoms with Crippen LogP contribution in [0.15, 0.2) is 90.3 Å². The summed E-state index contributed by atoms with van der Waals surface area (Å²) in [4.78, 5) is 16.9. The summed E-state index contributed by atoms with van der Waals surface area (Å²) in [5.74, 6) is -11.9. The molecule has 0 aliphatic carbocycles. The normalized spacial score (nSPS) is 19.0. The molecule has 260 valence electrons. The largest absolute Gasteiger partial charge is 0.392 e. The smallest absolute Gasteiger partial charge is 0.257 e. The number of hydrogen-bond acceptors (Lipinski definition) is 6. The summed E-state index contributed by atoms with van der Waals surface area (Å²) in [6, 6.07) is 22.2. The molecule has 6 rings (SSSR count).